The summed E-state index contributed by atoms with van der Waals surface area (Å²) in [6.07, 6.45) is 4.79. The van der Waals surface area contributed by atoms with Crippen LogP contribution in [0.1, 0.15) is 10.5 Å². The fourth-order valence-electron chi connectivity index (χ4n) is 1.62. The number of amides is 1. The highest BCUT2D eigenvalue weighted by Crippen LogP contribution is 2.15. The maximum atomic E-state index is 12.2. The van der Waals surface area contributed by atoms with Crippen LogP contribution in [0.25, 0.3) is 5.69 Å². The van der Waals surface area contributed by atoms with Gasteiger partial charge in [-0.05, 0) is 23.6 Å². The molecule has 0 saturated heterocycles. The van der Waals surface area contributed by atoms with Crippen molar-refractivity contribution < 1.29 is 4.79 Å². The van der Waals surface area contributed by atoms with E-state index in [0.29, 0.717) is 11.4 Å². The molecule has 0 aliphatic heterocycles. The van der Waals surface area contributed by atoms with E-state index in [1.807, 2.05) is 16.8 Å². The number of pyridine rings is 1. The Balaban J connectivity index is 1.94. The van der Waals surface area contributed by atoms with E-state index in [2.05, 4.69) is 20.6 Å². The average Bonchev–Trinajstić information content (AvgIpc) is 3.11. The highest BCUT2D eigenvalue weighted by atomic mass is 32.1. The van der Waals surface area contributed by atoms with E-state index < -0.39 is 0 Å². The third-order valence-corrected chi connectivity index (χ3v) is 3.13. The summed E-state index contributed by atoms with van der Waals surface area (Å²) in [5.41, 5.74) is 1.65. The number of carbonyl (C=O) groups is 1. The molecule has 0 saturated carbocycles. The molecule has 1 N–H and O–H groups in total. The van der Waals surface area contributed by atoms with Gasteiger partial charge in [0.15, 0.2) is 5.69 Å². The summed E-state index contributed by atoms with van der Waals surface area (Å²) in [5.74, 6) is -0.274. The number of carbonyl (C=O) groups excluding carboxylic acids is 1. The third-order valence-electron chi connectivity index (χ3n) is 2.45. The molecule has 1 amide bonds. The Bertz CT molecular complexity index is 678. The van der Waals surface area contributed by atoms with Crippen molar-refractivity contribution in [1.82, 2.24) is 20.0 Å². The minimum absolute atomic E-state index is 0.274. The first-order chi connectivity index (χ1) is 9.34. The van der Waals surface area contributed by atoms with Crippen LogP contribution in [0.5, 0.6) is 0 Å². The van der Waals surface area contributed by atoms with Gasteiger partial charge in [-0.2, -0.15) is 11.3 Å². The molecule has 3 rings (SSSR count). The van der Waals surface area contributed by atoms with E-state index in [0.717, 1.165) is 5.69 Å². The van der Waals surface area contributed by atoms with Crippen molar-refractivity contribution in [2.24, 2.45) is 0 Å². The van der Waals surface area contributed by atoms with Gasteiger partial charge < -0.3 is 5.32 Å². The Kier molecular flexibility index (Phi) is 3.03. The van der Waals surface area contributed by atoms with Crippen molar-refractivity contribution in [2.75, 3.05) is 5.32 Å². The lowest BCUT2D eigenvalue weighted by Crippen LogP contribution is -2.16. The predicted molar refractivity (Wildman–Crippen MR) is 71.4 cm³/mol. The molecule has 0 fully saturated rings. The predicted octanol–water partition coefficient (Wildman–Crippen LogP) is 1.98. The third kappa shape index (κ3) is 2.36. The Morgan fingerprint density at radius 1 is 1.32 bits per heavy atom. The Morgan fingerprint density at radius 2 is 2.26 bits per heavy atom. The number of hydrogen-bond acceptors (Lipinski definition) is 5. The molecule has 0 unspecified atom stereocenters. The molecule has 6 nitrogen and oxygen atoms in total. The molecule has 0 aromatic carbocycles. The maximum Gasteiger partial charge on any atom is 0.276 e. The maximum absolute atomic E-state index is 12.2. The second-order valence-corrected chi connectivity index (χ2v) is 4.46. The number of hydrogen-bond donors (Lipinski definition) is 1. The van der Waals surface area contributed by atoms with E-state index in [9.17, 15) is 4.79 Å². The van der Waals surface area contributed by atoms with E-state index in [4.69, 9.17) is 0 Å². The number of nitrogens with one attached hydrogen (secondary N) is 1. The summed E-state index contributed by atoms with van der Waals surface area (Å²) >= 11 is 1.52. The fraction of sp³-hybridized carbons (Fsp3) is 0. The molecular formula is C12H9N5OS. The minimum atomic E-state index is -0.274. The molecule has 3 aromatic heterocycles. The summed E-state index contributed by atoms with van der Waals surface area (Å²) in [4.78, 5) is 16.3. The molecule has 0 spiro atoms. The van der Waals surface area contributed by atoms with E-state index in [1.54, 1.807) is 30.7 Å². The molecule has 0 bridgehead atoms. The van der Waals surface area contributed by atoms with Crippen molar-refractivity contribution in [3.8, 4) is 5.69 Å². The molecule has 19 heavy (non-hydrogen) atoms. The zero-order valence-corrected chi connectivity index (χ0v) is 10.5. The van der Waals surface area contributed by atoms with Gasteiger partial charge in [0.05, 0.1) is 23.8 Å². The van der Waals surface area contributed by atoms with Crippen molar-refractivity contribution >= 4 is 22.9 Å². The van der Waals surface area contributed by atoms with Crippen molar-refractivity contribution in [2.45, 2.75) is 0 Å². The zero-order chi connectivity index (χ0) is 13.1. The monoisotopic (exact) mass is 271 g/mol. The van der Waals surface area contributed by atoms with E-state index >= 15 is 0 Å². The zero-order valence-electron chi connectivity index (χ0n) is 9.72. The van der Waals surface area contributed by atoms with Gasteiger partial charge in [0, 0.05) is 11.6 Å². The van der Waals surface area contributed by atoms with E-state index in [1.165, 1.54) is 16.0 Å². The SMILES string of the molecule is O=C(Nc1ccsc1)c1ncccc1-n1ccnn1. The first kappa shape index (κ1) is 11.5. The molecule has 0 aliphatic rings. The largest absolute Gasteiger partial charge is 0.320 e. The van der Waals surface area contributed by atoms with Crippen LogP contribution in [-0.2, 0) is 0 Å². The van der Waals surface area contributed by atoms with Crippen LogP contribution in [0.15, 0.2) is 47.5 Å². The average molecular weight is 271 g/mol. The number of thiophene rings is 1. The summed E-state index contributed by atoms with van der Waals surface area (Å²) in [7, 11) is 0. The smallest absolute Gasteiger partial charge is 0.276 e. The number of rotatable bonds is 3. The minimum Gasteiger partial charge on any atom is -0.320 e. The van der Waals surface area contributed by atoms with Gasteiger partial charge in [-0.15, -0.1) is 5.10 Å². The van der Waals surface area contributed by atoms with Crippen LogP contribution in [-0.4, -0.2) is 25.9 Å². The van der Waals surface area contributed by atoms with Crippen LogP contribution in [0.2, 0.25) is 0 Å². The molecule has 3 aromatic rings. The van der Waals surface area contributed by atoms with Gasteiger partial charge in [-0.25, -0.2) is 9.67 Å². The Morgan fingerprint density at radius 3 is 3.00 bits per heavy atom. The first-order valence-electron chi connectivity index (χ1n) is 5.50. The summed E-state index contributed by atoms with van der Waals surface area (Å²) in [6, 6.07) is 5.35. The highest BCUT2D eigenvalue weighted by Gasteiger charge is 2.14. The van der Waals surface area contributed by atoms with Gasteiger partial charge in [0.25, 0.3) is 5.91 Å². The molecule has 94 valence electrons. The quantitative estimate of drug-likeness (QED) is 0.790. The van der Waals surface area contributed by atoms with Crippen LogP contribution < -0.4 is 5.32 Å². The lowest BCUT2D eigenvalue weighted by Gasteiger charge is -2.07. The van der Waals surface area contributed by atoms with Crippen LogP contribution in [0.4, 0.5) is 5.69 Å². The van der Waals surface area contributed by atoms with Crippen molar-refractivity contribution in [3.05, 3.63) is 53.2 Å². The van der Waals surface area contributed by atoms with Gasteiger partial charge >= 0.3 is 0 Å². The number of nitrogens with zero attached hydrogens (tertiary/aromatic N) is 4. The second-order valence-electron chi connectivity index (χ2n) is 3.68. The molecule has 7 heteroatoms. The summed E-state index contributed by atoms with van der Waals surface area (Å²) in [6.45, 7) is 0. The highest BCUT2D eigenvalue weighted by molar-refractivity contribution is 7.08. The van der Waals surface area contributed by atoms with Crippen molar-refractivity contribution in [1.29, 1.82) is 0 Å². The molecule has 0 aliphatic carbocycles. The van der Waals surface area contributed by atoms with Crippen LogP contribution in [0.3, 0.4) is 0 Å². The first-order valence-corrected chi connectivity index (χ1v) is 6.44. The fourth-order valence-corrected chi connectivity index (χ4v) is 2.21. The van der Waals surface area contributed by atoms with Gasteiger partial charge in [-0.1, -0.05) is 5.21 Å². The molecular weight excluding hydrogens is 262 g/mol. The normalized spacial score (nSPS) is 10.3. The number of anilines is 1. The van der Waals surface area contributed by atoms with Crippen LogP contribution in [0, 0.1) is 0 Å². The molecule has 0 radical (unpaired) electrons. The second kappa shape index (κ2) is 4.99. The Labute approximate surface area is 112 Å². The van der Waals surface area contributed by atoms with Gasteiger partial charge in [-0.3, -0.25) is 4.79 Å². The van der Waals surface area contributed by atoms with E-state index in [-0.39, 0.29) is 5.91 Å². The molecule has 0 atom stereocenters. The van der Waals surface area contributed by atoms with Gasteiger partial charge in [0.1, 0.15) is 0 Å². The lowest BCUT2D eigenvalue weighted by atomic mass is 10.2. The number of aromatic nitrogens is 4. The topological polar surface area (TPSA) is 72.7 Å². The van der Waals surface area contributed by atoms with Gasteiger partial charge in [0.2, 0.25) is 0 Å². The Hall–Kier alpha value is -2.54. The lowest BCUT2D eigenvalue weighted by molar-refractivity contribution is 0.102. The standard InChI is InChI=1S/C12H9N5OS/c18-12(15-9-3-7-19-8-9)11-10(2-1-4-13-11)17-6-5-14-16-17/h1-8H,(H,15,18). The molecule has 3 heterocycles. The van der Waals surface area contributed by atoms with Crippen LogP contribution >= 0.6 is 11.3 Å². The summed E-state index contributed by atoms with van der Waals surface area (Å²) < 4.78 is 1.51. The van der Waals surface area contributed by atoms with Crippen molar-refractivity contribution in [3.63, 3.8) is 0 Å². The summed E-state index contributed by atoms with van der Waals surface area (Å²) in [5, 5.41) is 14.1.